The highest BCUT2D eigenvalue weighted by molar-refractivity contribution is 6.10. The molecule has 0 saturated heterocycles. The maximum absolute atomic E-state index is 13.2. The maximum Gasteiger partial charge on any atom is 0.336 e. The monoisotopic (exact) mass is 281 g/mol. The van der Waals surface area contributed by atoms with Gasteiger partial charge in [-0.15, -0.1) is 0 Å². The number of carboxylic acids is 1. The number of carbonyl (C=O) groups excluding carboxylic acids is 1. The Morgan fingerprint density at radius 3 is 2.35 bits per heavy atom. The van der Waals surface area contributed by atoms with Gasteiger partial charge in [-0.1, -0.05) is 0 Å². The zero-order valence-corrected chi connectivity index (χ0v) is 10.2. The van der Waals surface area contributed by atoms with E-state index >= 15 is 0 Å². The largest absolute Gasteiger partial charge is 0.478 e. The van der Waals surface area contributed by atoms with E-state index in [0.717, 1.165) is 0 Å². The standard InChI is InChI=1S/C12H9F2N3O3/c1-17-5-6(4-15-17)16-11(18)7-2-9(13)10(14)3-8(7)12(19)20/h2-5H,1H3,(H,16,18)(H,19,20). The van der Waals surface area contributed by atoms with Crippen LogP contribution in [0.2, 0.25) is 0 Å². The maximum atomic E-state index is 13.2. The van der Waals surface area contributed by atoms with E-state index in [1.165, 1.54) is 17.1 Å². The van der Waals surface area contributed by atoms with Gasteiger partial charge in [-0.25, -0.2) is 13.6 Å². The van der Waals surface area contributed by atoms with Crippen LogP contribution in [0.5, 0.6) is 0 Å². The number of amides is 1. The summed E-state index contributed by atoms with van der Waals surface area (Å²) < 4.78 is 27.6. The molecule has 2 aromatic rings. The fraction of sp³-hybridized carbons (Fsp3) is 0.0833. The van der Waals surface area contributed by atoms with Crippen molar-refractivity contribution < 1.29 is 23.5 Å². The van der Waals surface area contributed by atoms with E-state index in [2.05, 4.69) is 10.4 Å². The minimum atomic E-state index is -1.53. The number of carboxylic acid groups (broad SMARTS) is 1. The normalized spacial score (nSPS) is 10.3. The number of benzene rings is 1. The lowest BCUT2D eigenvalue weighted by Crippen LogP contribution is -2.17. The second-order valence-electron chi connectivity index (χ2n) is 3.97. The van der Waals surface area contributed by atoms with Crippen molar-refractivity contribution in [1.29, 1.82) is 0 Å². The number of aromatic carboxylic acids is 1. The zero-order valence-electron chi connectivity index (χ0n) is 10.2. The lowest BCUT2D eigenvalue weighted by Gasteiger charge is -2.07. The number of rotatable bonds is 3. The summed E-state index contributed by atoms with van der Waals surface area (Å²) in [6.45, 7) is 0. The summed E-state index contributed by atoms with van der Waals surface area (Å²) >= 11 is 0. The van der Waals surface area contributed by atoms with Crippen LogP contribution >= 0.6 is 0 Å². The van der Waals surface area contributed by atoms with Crippen LogP contribution in [0.1, 0.15) is 20.7 Å². The number of halogens is 2. The molecule has 104 valence electrons. The van der Waals surface area contributed by atoms with Crippen LogP contribution in [-0.2, 0) is 7.05 Å². The van der Waals surface area contributed by atoms with Crippen molar-refractivity contribution in [3.05, 3.63) is 47.3 Å². The second-order valence-corrected chi connectivity index (χ2v) is 3.97. The van der Waals surface area contributed by atoms with Crippen molar-refractivity contribution in [3.8, 4) is 0 Å². The highest BCUT2D eigenvalue weighted by atomic mass is 19.2. The summed E-state index contributed by atoms with van der Waals surface area (Å²) in [4.78, 5) is 22.9. The number of aromatic nitrogens is 2. The van der Waals surface area contributed by atoms with Gasteiger partial charge in [0.1, 0.15) is 0 Å². The molecule has 0 aliphatic heterocycles. The number of hydrogen-bond donors (Lipinski definition) is 2. The fourth-order valence-electron chi connectivity index (χ4n) is 1.60. The smallest absolute Gasteiger partial charge is 0.336 e. The van der Waals surface area contributed by atoms with Gasteiger partial charge in [-0.05, 0) is 12.1 Å². The van der Waals surface area contributed by atoms with Gasteiger partial charge in [0.15, 0.2) is 11.6 Å². The van der Waals surface area contributed by atoms with Gasteiger partial charge in [-0.3, -0.25) is 9.48 Å². The molecule has 1 aromatic heterocycles. The van der Waals surface area contributed by atoms with Crippen LogP contribution in [0.15, 0.2) is 24.5 Å². The topological polar surface area (TPSA) is 84.2 Å². The Morgan fingerprint density at radius 2 is 1.85 bits per heavy atom. The number of nitrogens with zero attached hydrogens (tertiary/aromatic N) is 2. The third kappa shape index (κ3) is 2.63. The van der Waals surface area contributed by atoms with Gasteiger partial charge in [-0.2, -0.15) is 5.10 Å². The number of nitrogens with one attached hydrogen (secondary N) is 1. The predicted molar refractivity (Wildman–Crippen MR) is 64.5 cm³/mol. The summed E-state index contributed by atoms with van der Waals surface area (Å²) in [5.41, 5.74) is -0.788. The van der Waals surface area contributed by atoms with Crippen molar-refractivity contribution in [1.82, 2.24) is 9.78 Å². The number of carbonyl (C=O) groups is 2. The van der Waals surface area contributed by atoms with Gasteiger partial charge < -0.3 is 10.4 Å². The van der Waals surface area contributed by atoms with Crippen molar-refractivity contribution >= 4 is 17.6 Å². The van der Waals surface area contributed by atoms with E-state index in [0.29, 0.717) is 17.8 Å². The molecule has 8 heteroatoms. The molecule has 1 heterocycles. The Kier molecular flexibility index (Phi) is 3.47. The molecule has 0 fully saturated rings. The lowest BCUT2D eigenvalue weighted by atomic mass is 10.1. The van der Waals surface area contributed by atoms with Gasteiger partial charge in [0.25, 0.3) is 5.91 Å². The first-order valence-electron chi connectivity index (χ1n) is 5.41. The molecule has 1 aromatic carbocycles. The van der Waals surface area contributed by atoms with Gasteiger partial charge in [0.05, 0.1) is 23.0 Å². The molecule has 2 N–H and O–H groups in total. The predicted octanol–water partition coefficient (Wildman–Crippen LogP) is 1.65. The third-order valence-corrected chi connectivity index (χ3v) is 2.50. The number of hydrogen-bond acceptors (Lipinski definition) is 3. The minimum Gasteiger partial charge on any atom is -0.478 e. The molecule has 1 amide bonds. The molecule has 0 atom stereocenters. The van der Waals surface area contributed by atoms with E-state index in [9.17, 15) is 18.4 Å². The molecule has 0 unspecified atom stereocenters. The molecule has 0 spiro atoms. The molecule has 0 aliphatic rings. The van der Waals surface area contributed by atoms with Crippen LogP contribution in [0.4, 0.5) is 14.5 Å². The Bertz CT molecular complexity index is 697. The molecule has 0 saturated carbocycles. The zero-order chi connectivity index (χ0) is 14.9. The van der Waals surface area contributed by atoms with Crippen LogP contribution < -0.4 is 5.32 Å². The van der Waals surface area contributed by atoms with E-state index in [1.54, 1.807) is 7.05 Å². The van der Waals surface area contributed by atoms with E-state index < -0.39 is 34.6 Å². The highest BCUT2D eigenvalue weighted by Gasteiger charge is 2.20. The molecular formula is C12H9F2N3O3. The molecule has 20 heavy (non-hydrogen) atoms. The average molecular weight is 281 g/mol. The second kappa shape index (κ2) is 5.08. The van der Waals surface area contributed by atoms with E-state index in [1.807, 2.05) is 0 Å². The van der Waals surface area contributed by atoms with Gasteiger partial charge in [0.2, 0.25) is 0 Å². The van der Waals surface area contributed by atoms with Crippen LogP contribution in [0.25, 0.3) is 0 Å². The quantitative estimate of drug-likeness (QED) is 0.896. The molecule has 0 bridgehead atoms. The van der Waals surface area contributed by atoms with E-state index in [4.69, 9.17) is 5.11 Å². The fourth-order valence-corrected chi connectivity index (χ4v) is 1.60. The number of anilines is 1. The SMILES string of the molecule is Cn1cc(NC(=O)c2cc(F)c(F)cc2C(=O)O)cn1. The summed E-state index contributed by atoms with van der Waals surface area (Å²) in [6, 6.07) is 1.01. The Morgan fingerprint density at radius 1 is 1.25 bits per heavy atom. The van der Waals surface area contributed by atoms with Crippen LogP contribution in [-0.4, -0.2) is 26.8 Å². The van der Waals surface area contributed by atoms with Gasteiger partial charge >= 0.3 is 5.97 Å². The van der Waals surface area contributed by atoms with Crippen molar-refractivity contribution in [2.24, 2.45) is 7.05 Å². The van der Waals surface area contributed by atoms with Crippen molar-refractivity contribution in [2.45, 2.75) is 0 Å². The first-order chi connectivity index (χ1) is 9.38. The number of aryl methyl sites for hydroxylation is 1. The van der Waals surface area contributed by atoms with Crippen molar-refractivity contribution in [2.75, 3.05) is 5.32 Å². The van der Waals surface area contributed by atoms with Crippen LogP contribution in [0, 0.1) is 11.6 Å². The Labute approximate surface area is 111 Å². The Balaban J connectivity index is 2.38. The molecule has 0 radical (unpaired) electrons. The summed E-state index contributed by atoms with van der Waals surface area (Å²) in [5.74, 6) is -5.03. The average Bonchev–Trinajstić information content (AvgIpc) is 2.77. The summed E-state index contributed by atoms with van der Waals surface area (Å²) in [5, 5.41) is 15.1. The summed E-state index contributed by atoms with van der Waals surface area (Å²) in [7, 11) is 1.62. The van der Waals surface area contributed by atoms with E-state index in [-0.39, 0.29) is 0 Å². The first kappa shape index (κ1) is 13.7. The van der Waals surface area contributed by atoms with Crippen LogP contribution in [0.3, 0.4) is 0 Å². The highest BCUT2D eigenvalue weighted by Crippen LogP contribution is 2.17. The first-order valence-corrected chi connectivity index (χ1v) is 5.41. The third-order valence-electron chi connectivity index (χ3n) is 2.50. The molecule has 2 rings (SSSR count). The minimum absolute atomic E-state index is 0.304. The molecule has 0 aliphatic carbocycles. The molecule has 6 nitrogen and oxygen atoms in total. The Hall–Kier alpha value is -2.77. The summed E-state index contributed by atoms with van der Waals surface area (Å²) in [6.07, 6.45) is 2.80. The lowest BCUT2D eigenvalue weighted by molar-refractivity contribution is 0.0691. The van der Waals surface area contributed by atoms with Crippen molar-refractivity contribution in [3.63, 3.8) is 0 Å². The van der Waals surface area contributed by atoms with Gasteiger partial charge in [0, 0.05) is 13.2 Å². The molecular weight excluding hydrogens is 272 g/mol.